The molecule has 0 bridgehead atoms. The van der Waals surface area contributed by atoms with Gasteiger partial charge in [-0.1, -0.05) is 19.1 Å². The minimum absolute atomic E-state index is 0.229. The molecular weight excluding hydrogens is 396 g/mol. The number of hydrogen-bond acceptors (Lipinski definition) is 6. The molecule has 0 heterocycles. The van der Waals surface area contributed by atoms with Crippen LogP contribution in [-0.2, 0) is 19.6 Å². The Morgan fingerprint density at radius 3 is 2.38 bits per heavy atom. The summed E-state index contributed by atoms with van der Waals surface area (Å²) in [6, 6.07) is 11.7. The first-order valence-corrected chi connectivity index (χ1v) is 10.7. The van der Waals surface area contributed by atoms with E-state index in [0.717, 1.165) is 10.6 Å². The molecule has 0 saturated carbocycles. The van der Waals surface area contributed by atoms with Crippen LogP contribution in [0.2, 0.25) is 0 Å². The summed E-state index contributed by atoms with van der Waals surface area (Å²) < 4.78 is 35.9. The lowest BCUT2D eigenvalue weighted by Crippen LogP contribution is -2.47. The number of ether oxygens (including phenoxy) is 2. The molecule has 29 heavy (non-hydrogen) atoms. The summed E-state index contributed by atoms with van der Waals surface area (Å²) in [4.78, 5) is 24.6. The van der Waals surface area contributed by atoms with E-state index in [1.54, 1.807) is 49.4 Å². The van der Waals surface area contributed by atoms with Gasteiger partial charge >= 0.3 is 5.97 Å². The van der Waals surface area contributed by atoms with Gasteiger partial charge in [-0.3, -0.25) is 9.10 Å². The number of rotatable bonds is 8. The number of carbonyl (C=O) groups is 2. The molecule has 1 atom stereocenters. The van der Waals surface area contributed by atoms with E-state index in [1.165, 1.54) is 20.3 Å². The molecule has 0 aliphatic carbocycles. The highest BCUT2D eigenvalue weighted by atomic mass is 32.2. The number of methoxy groups -OCH3 is 2. The van der Waals surface area contributed by atoms with Crippen molar-refractivity contribution in [1.29, 1.82) is 0 Å². The molecule has 1 amide bonds. The maximum atomic E-state index is 12.9. The second-order valence-electron chi connectivity index (χ2n) is 6.25. The van der Waals surface area contributed by atoms with Crippen molar-refractivity contribution < 1.29 is 27.5 Å². The number of hydrogen-bond donors (Lipinski definition) is 1. The molecule has 2 aromatic carbocycles. The van der Waals surface area contributed by atoms with Crippen molar-refractivity contribution in [3.05, 3.63) is 54.1 Å². The van der Waals surface area contributed by atoms with Crippen molar-refractivity contribution in [1.82, 2.24) is 0 Å². The average Bonchev–Trinajstić information content (AvgIpc) is 2.70. The van der Waals surface area contributed by atoms with Crippen molar-refractivity contribution in [2.24, 2.45) is 0 Å². The molecule has 0 radical (unpaired) electrons. The molecule has 9 heteroatoms. The Kier molecular flexibility index (Phi) is 7.22. The van der Waals surface area contributed by atoms with Crippen molar-refractivity contribution in [3.63, 3.8) is 0 Å². The molecule has 0 aliphatic rings. The molecule has 156 valence electrons. The van der Waals surface area contributed by atoms with Gasteiger partial charge in [-0.2, -0.15) is 0 Å². The molecule has 2 rings (SSSR count). The molecule has 0 saturated heterocycles. The van der Waals surface area contributed by atoms with Crippen LogP contribution >= 0.6 is 0 Å². The van der Waals surface area contributed by atoms with E-state index >= 15 is 0 Å². The van der Waals surface area contributed by atoms with E-state index in [1.807, 2.05) is 0 Å². The lowest BCUT2D eigenvalue weighted by Gasteiger charge is -2.30. The molecule has 8 nitrogen and oxygen atoms in total. The molecule has 0 aromatic heterocycles. The molecule has 0 unspecified atom stereocenters. The highest BCUT2D eigenvalue weighted by molar-refractivity contribution is 7.92. The first kappa shape index (κ1) is 22.2. The Balaban J connectivity index is 2.37. The summed E-state index contributed by atoms with van der Waals surface area (Å²) in [5.74, 6) is -0.595. The van der Waals surface area contributed by atoms with Crippen LogP contribution in [0, 0.1) is 0 Å². The van der Waals surface area contributed by atoms with Gasteiger partial charge in [0.25, 0.3) is 0 Å². The van der Waals surface area contributed by atoms with Crippen LogP contribution in [0.1, 0.15) is 23.7 Å². The highest BCUT2D eigenvalue weighted by Gasteiger charge is 2.31. The summed E-state index contributed by atoms with van der Waals surface area (Å²) in [6.45, 7) is 1.72. The summed E-state index contributed by atoms with van der Waals surface area (Å²) in [7, 11) is -1.04. The van der Waals surface area contributed by atoms with Crippen LogP contribution in [0.25, 0.3) is 0 Å². The predicted molar refractivity (Wildman–Crippen MR) is 111 cm³/mol. The van der Waals surface area contributed by atoms with Gasteiger partial charge in [0.05, 0.1) is 31.7 Å². The van der Waals surface area contributed by atoms with Gasteiger partial charge in [0.2, 0.25) is 15.9 Å². The maximum absolute atomic E-state index is 12.9. The van der Waals surface area contributed by atoms with Crippen LogP contribution in [0.15, 0.2) is 48.5 Å². The SMILES string of the molecule is CC[C@H](C(=O)Nc1cccc(C(=O)OC)c1)N(c1cccc(OC)c1)S(C)(=O)=O. The summed E-state index contributed by atoms with van der Waals surface area (Å²) in [5.41, 5.74) is 0.943. The quantitative estimate of drug-likeness (QED) is 0.659. The lowest BCUT2D eigenvalue weighted by atomic mass is 10.1. The number of esters is 1. The van der Waals surface area contributed by atoms with Crippen molar-refractivity contribution in [2.45, 2.75) is 19.4 Å². The fourth-order valence-electron chi connectivity index (χ4n) is 2.88. The van der Waals surface area contributed by atoms with Crippen LogP contribution in [0.4, 0.5) is 11.4 Å². The van der Waals surface area contributed by atoms with Crippen molar-refractivity contribution in [3.8, 4) is 5.75 Å². The molecule has 2 aromatic rings. The van der Waals surface area contributed by atoms with Crippen LogP contribution < -0.4 is 14.4 Å². The van der Waals surface area contributed by atoms with Gasteiger partial charge in [-0.15, -0.1) is 0 Å². The molecule has 0 fully saturated rings. The lowest BCUT2D eigenvalue weighted by molar-refractivity contribution is -0.117. The third kappa shape index (κ3) is 5.47. The Morgan fingerprint density at radius 1 is 1.10 bits per heavy atom. The number of benzene rings is 2. The highest BCUT2D eigenvalue weighted by Crippen LogP contribution is 2.27. The van der Waals surface area contributed by atoms with Crippen molar-refractivity contribution in [2.75, 3.05) is 30.1 Å². The Morgan fingerprint density at radius 2 is 1.79 bits per heavy atom. The number of amides is 1. The van der Waals surface area contributed by atoms with Gasteiger partial charge in [-0.05, 0) is 36.8 Å². The third-order valence-electron chi connectivity index (χ3n) is 4.19. The zero-order valence-electron chi connectivity index (χ0n) is 16.7. The zero-order valence-corrected chi connectivity index (χ0v) is 17.5. The number of carbonyl (C=O) groups excluding carboxylic acids is 2. The minimum Gasteiger partial charge on any atom is -0.497 e. The van der Waals surface area contributed by atoms with E-state index in [0.29, 0.717) is 17.1 Å². The van der Waals surface area contributed by atoms with E-state index in [2.05, 4.69) is 10.1 Å². The second-order valence-corrected chi connectivity index (χ2v) is 8.11. The Bertz CT molecular complexity index is 990. The Labute approximate surface area is 170 Å². The fraction of sp³-hybridized carbons (Fsp3) is 0.300. The molecule has 0 aliphatic heterocycles. The van der Waals surface area contributed by atoms with E-state index < -0.39 is 27.9 Å². The van der Waals surface area contributed by atoms with Gasteiger partial charge in [0.1, 0.15) is 11.8 Å². The molecular formula is C20H24N2O6S. The second kappa shape index (κ2) is 9.42. The number of nitrogens with zero attached hydrogens (tertiary/aromatic N) is 1. The van der Waals surface area contributed by atoms with Gasteiger partial charge in [-0.25, -0.2) is 13.2 Å². The summed E-state index contributed by atoms with van der Waals surface area (Å²) in [5, 5.41) is 2.68. The molecule has 0 spiro atoms. The average molecular weight is 420 g/mol. The van der Waals surface area contributed by atoms with E-state index in [9.17, 15) is 18.0 Å². The molecule has 1 N–H and O–H groups in total. The Hall–Kier alpha value is -3.07. The zero-order chi connectivity index (χ0) is 21.6. The van der Waals surface area contributed by atoms with Crippen molar-refractivity contribution >= 4 is 33.3 Å². The smallest absolute Gasteiger partial charge is 0.337 e. The number of anilines is 2. The minimum atomic E-state index is -3.77. The largest absolute Gasteiger partial charge is 0.497 e. The van der Waals surface area contributed by atoms with Gasteiger partial charge < -0.3 is 14.8 Å². The number of nitrogens with one attached hydrogen (secondary N) is 1. The monoisotopic (exact) mass is 420 g/mol. The van der Waals surface area contributed by atoms with E-state index in [4.69, 9.17) is 4.74 Å². The van der Waals surface area contributed by atoms with E-state index in [-0.39, 0.29) is 12.0 Å². The topological polar surface area (TPSA) is 102 Å². The predicted octanol–water partition coefficient (Wildman–Crippen LogP) is 2.67. The standard InChI is InChI=1S/C20H24N2O6S/c1-5-18(19(23)21-15-9-6-8-14(12-15)20(24)28-3)22(29(4,25)26)16-10-7-11-17(13-16)27-2/h6-13,18H,5H2,1-4H3,(H,21,23)/t18-/m1/s1. The van der Waals surface area contributed by atoms with Crippen LogP contribution in [-0.4, -0.2) is 46.8 Å². The van der Waals surface area contributed by atoms with Crippen LogP contribution in [0.5, 0.6) is 5.75 Å². The summed E-state index contributed by atoms with van der Waals surface area (Å²) >= 11 is 0. The maximum Gasteiger partial charge on any atom is 0.337 e. The first-order chi connectivity index (χ1) is 13.7. The summed E-state index contributed by atoms with van der Waals surface area (Å²) in [6.07, 6.45) is 1.27. The first-order valence-electron chi connectivity index (χ1n) is 8.84. The third-order valence-corrected chi connectivity index (χ3v) is 5.37. The number of sulfonamides is 1. The fourth-order valence-corrected chi connectivity index (χ4v) is 4.08. The van der Waals surface area contributed by atoms with Gasteiger partial charge in [0.15, 0.2) is 0 Å². The van der Waals surface area contributed by atoms with Gasteiger partial charge in [0, 0.05) is 11.8 Å². The normalized spacial score (nSPS) is 12.0. The van der Waals surface area contributed by atoms with Crippen LogP contribution in [0.3, 0.4) is 0 Å².